The lowest BCUT2D eigenvalue weighted by Gasteiger charge is -2.31. The van der Waals surface area contributed by atoms with E-state index in [1.54, 1.807) is 33.7 Å². The first-order chi connectivity index (χ1) is 15.5. The molecule has 3 aromatic rings. The van der Waals surface area contributed by atoms with Gasteiger partial charge in [0.05, 0.1) is 10.6 Å². The van der Waals surface area contributed by atoms with Crippen molar-refractivity contribution in [2.24, 2.45) is 0 Å². The fourth-order valence-electron chi connectivity index (χ4n) is 3.99. The Morgan fingerprint density at radius 2 is 1.61 bits per heavy atom. The maximum atomic E-state index is 13.8. The summed E-state index contributed by atoms with van der Waals surface area (Å²) in [6.45, 7) is 7.67. The van der Waals surface area contributed by atoms with Crippen LogP contribution in [-0.4, -0.2) is 47.5 Å². The van der Waals surface area contributed by atoms with Crippen LogP contribution in [-0.2, 0) is 26.0 Å². The minimum absolute atomic E-state index is 0.00962. The molecule has 0 atom stereocenters. The molecule has 9 heteroatoms. The SMILES string of the molecule is CC(C)N(C(=O)Cn1cc(S(=O)(=O)CC(=O)Nc2ccccc2F)c2ccccc21)C(C)C. The first-order valence-electron chi connectivity index (χ1n) is 10.7. The maximum Gasteiger partial charge on any atom is 0.242 e. The zero-order valence-corrected chi connectivity index (χ0v) is 19.9. The van der Waals surface area contributed by atoms with Crippen LogP contribution in [0.25, 0.3) is 10.9 Å². The van der Waals surface area contributed by atoms with Crippen LogP contribution in [0.15, 0.2) is 59.6 Å². The summed E-state index contributed by atoms with van der Waals surface area (Å²) in [6.07, 6.45) is 1.40. The number of sulfone groups is 1. The molecule has 33 heavy (non-hydrogen) atoms. The second kappa shape index (κ2) is 9.74. The highest BCUT2D eigenvalue weighted by Gasteiger charge is 2.27. The van der Waals surface area contributed by atoms with E-state index in [4.69, 9.17) is 0 Å². The van der Waals surface area contributed by atoms with Gasteiger partial charge in [-0.05, 0) is 45.9 Å². The molecule has 1 N–H and O–H groups in total. The van der Waals surface area contributed by atoms with Gasteiger partial charge < -0.3 is 14.8 Å². The minimum atomic E-state index is -4.07. The van der Waals surface area contributed by atoms with Gasteiger partial charge in [-0.2, -0.15) is 0 Å². The molecule has 0 aliphatic rings. The topological polar surface area (TPSA) is 88.5 Å². The van der Waals surface area contributed by atoms with Crippen molar-refractivity contribution >= 4 is 38.2 Å². The lowest BCUT2D eigenvalue weighted by atomic mass is 10.2. The zero-order chi connectivity index (χ0) is 24.3. The Kier molecular flexibility index (Phi) is 7.22. The molecule has 1 aromatic heterocycles. The standard InChI is InChI=1S/C24H28FN3O4S/c1-16(2)28(17(3)4)24(30)14-27-13-22(18-9-5-8-12-21(18)27)33(31,32)15-23(29)26-20-11-7-6-10-19(20)25/h5-13,16-17H,14-15H2,1-4H3,(H,26,29). The Balaban J connectivity index is 1.91. The fraction of sp³-hybridized carbons (Fsp3) is 0.333. The molecular formula is C24H28FN3O4S. The van der Waals surface area contributed by atoms with E-state index in [1.807, 2.05) is 27.7 Å². The van der Waals surface area contributed by atoms with E-state index in [0.717, 1.165) is 0 Å². The van der Waals surface area contributed by atoms with Crippen LogP contribution in [0.5, 0.6) is 0 Å². The number of hydrogen-bond acceptors (Lipinski definition) is 4. The maximum absolute atomic E-state index is 13.8. The number of aromatic nitrogens is 1. The second-order valence-corrected chi connectivity index (χ2v) is 10.4. The van der Waals surface area contributed by atoms with E-state index in [0.29, 0.717) is 10.9 Å². The summed E-state index contributed by atoms with van der Waals surface area (Å²) in [5.41, 5.74) is 0.486. The highest BCUT2D eigenvalue weighted by atomic mass is 32.2. The largest absolute Gasteiger partial charge is 0.337 e. The molecule has 0 aliphatic heterocycles. The van der Waals surface area contributed by atoms with E-state index < -0.39 is 27.3 Å². The van der Waals surface area contributed by atoms with Crippen molar-refractivity contribution in [2.45, 2.75) is 51.2 Å². The van der Waals surface area contributed by atoms with Crippen molar-refractivity contribution in [2.75, 3.05) is 11.1 Å². The van der Waals surface area contributed by atoms with E-state index in [1.165, 1.54) is 30.5 Å². The minimum Gasteiger partial charge on any atom is -0.337 e. The van der Waals surface area contributed by atoms with Crippen molar-refractivity contribution < 1.29 is 22.4 Å². The summed E-state index contributed by atoms with van der Waals surface area (Å²) >= 11 is 0. The van der Waals surface area contributed by atoms with E-state index in [9.17, 15) is 22.4 Å². The molecule has 0 unspecified atom stereocenters. The van der Waals surface area contributed by atoms with Crippen LogP contribution in [0.2, 0.25) is 0 Å². The number of nitrogens with zero attached hydrogens (tertiary/aromatic N) is 2. The predicted octanol–water partition coefficient (Wildman–Crippen LogP) is 3.84. The molecule has 0 radical (unpaired) electrons. The molecule has 0 saturated heterocycles. The molecule has 0 spiro atoms. The van der Waals surface area contributed by atoms with Crippen molar-refractivity contribution in [1.82, 2.24) is 9.47 Å². The van der Waals surface area contributed by atoms with Gasteiger partial charge >= 0.3 is 0 Å². The van der Waals surface area contributed by atoms with Crippen molar-refractivity contribution in [1.29, 1.82) is 0 Å². The Morgan fingerprint density at radius 3 is 2.24 bits per heavy atom. The van der Waals surface area contributed by atoms with Crippen LogP contribution < -0.4 is 5.32 Å². The van der Waals surface area contributed by atoms with Crippen molar-refractivity contribution in [3.05, 3.63) is 60.5 Å². The molecule has 0 saturated carbocycles. The number of benzene rings is 2. The average molecular weight is 474 g/mol. The molecule has 1 heterocycles. The smallest absolute Gasteiger partial charge is 0.242 e. The number of para-hydroxylation sites is 2. The molecule has 3 rings (SSSR count). The van der Waals surface area contributed by atoms with Gasteiger partial charge in [-0.3, -0.25) is 9.59 Å². The highest BCUT2D eigenvalue weighted by molar-refractivity contribution is 7.92. The van der Waals surface area contributed by atoms with Gasteiger partial charge in [0.15, 0.2) is 9.84 Å². The van der Waals surface area contributed by atoms with E-state index >= 15 is 0 Å². The predicted molar refractivity (Wildman–Crippen MR) is 126 cm³/mol. The first-order valence-corrected chi connectivity index (χ1v) is 12.3. The van der Waals surface area contributed by atoms with Gasteiger partial charge in [-0.1, -0.05) is 30.3 Å². The zero-order valence-electron chi connectivity index (χ0n) is 19.1. The lowest BCUT2D eigenvalue weighted by molar-refractivity contribution is -0.135. The van der Waals surface area contributed by atoms with Crippen LogP contribution in [0.4, 0.5) is 10.1 Å². The highest BCUT2D eigenvalue weighted by Crippen LogP contribution is 2.27. The van der Waals surface area contributed by atoms with Crippen LogP contribution in [0.1, 0.15) is 27.7 Å². The lowest BCUT2D eigenvalue weighted by Crippen LogP contribution is -2.43. The third kappa shape index (κ3) is 5.42. The number of fused-ring (bicyclic) bond motifs is 1. The number of hydrogen-bond donors (Lipinski definition) is 1. The molecular weight excluding hydrogens is 445 g/mol. The second-order valence-electron chi connectivity index (χ2n) is 8.41. The quantitative estimate of drug-likeness (QED) is 0.538. The van der Waals surface area contributed by atoms with Gasteiger partial charge in [-0.25, -0.2) is 12.8 Å². The number of rotatable bonds is 8. The van der Waals surface area contributed by atoms with Gasteiger partial charge in [-0.15, -0.1) is 0 Å². The summed E-state index contributed by atoms with van der Waals surface area (Å²) in [7, 11) is -4.07. The fourth-order valence-corrected chi connectivity index (χ4v) is 5.36. The number of anilines is 1. The number of carbonyl (C=O) groups is 2. The third-order valence-corrected chi connectivity index (χ3v) is 6.90. The normalized spacial score (nSPS) is 11.8. The Labute approximate surface area is 193 Å². The van der Waals surface area contributed by atoms with Gasteiger partial charge in [0.25, 0.3) is 0 Å². The van der Waals surface area contributed by atoms with E-state index in [2.05, 4.69) is 5.32 Å². The molecule has 2 aromatic carbocycles. The molecule has 7 nitrogen and oxygen atoms in total. The molecule has 0 aliphatic carbocycles. The van der Waals surface area contributed by atoms with Crippen molar-refractivity contribution in [3.8, 4) is 0 Å². The van der Waals surface area contributed by atoms with Gasteiger partial charge in [0, 0.05) is 29.2 Å². The molecule has 0 fully saturated rings. The number of carbonyl (C=O) groups excluding carboxylic acids is 2. The third-order valence-electron chi connectivity index (χ3n) is 5.26. The first kappa shape index (κ1) is 24.4. The monoisotopic (exact) mass is 473 g/mol. The summed E-state index contributed by atoms with van der Waals surface area (Å²) in [5, 5.41) is 2.72. The average Bonchev–Trinajstić information content (AvgIpc) is 3.08. The van der Waals surface area contributed by atoms with Crippen LogP contribution >= 0.6 is 0 Å². The number of halogens is 1. The summed E-state index contributed by atoms with van der Waals surface area (Å²) in [6, 6.07) is 12.3. The Bertz CT molecular complexity index is 1270. The van der Waals surface area contributed by atoms with Crippen LogP contribution in [0, 0.1) is 5.82 Å². The summed E-state index contributed by atoms with van der Waals surface area (Å²) < 4.78 is 41.6. The Morgan fingerprint density at radius 1 is 1.00 bits per heavy atom. The number of amides is 2. The summed E-state index contributed by atoms with van der Waals surface area (Å²) in [5.74, 6) is -2.49. The summed E-state index contributed by atoms with van der Waals surface area (Å²) in [4.78, 5) is 27.1. The van der Waals surface area contributed by atoms with E-state index in [-0.39, 0.29) is 35.1 Å². The molecule has 2 amide bonds. The van der Waals surface area contributed by atoms with Gasteiger partial charge in [0.2, 0.25) is 11.8 Å². The van der Waals surface area contributed by atoms with Gasteiger partial charge in [0.1, 0.15) is 18.1 Å². The Hall–Kier alpha value is -3.20. The van der Waals surface area contributed by atoms with Crippen LogP contribution in [0.3, 0.4) is 0 Å². The number of nitrogens with one attached hydrogen (secondary N) is 1. The molecule has 0 bridgehead atoms. The molecule has 176 valence electrons. The van der Waals surface area contributed by atoms with Crippen molar-refractivity contribution in [3.63, 3.8) is 0 Å².